The number of halogens is 1. The molecule has 0 aliphatic heterocycles. The highest BCUT2D eigenvalue weighted by Crippen LogP contribution is 2.29. The van der Waals surface area contributed by atoms with Crippen LogP contribution in [0.4, 0.5) is 0 Å². The topological polar surface area (TPSA) is 47.6 Å². The lowest BCUT2D eigenvalue weighted by Crippen LogP contribution is -2.29. The van der Waals surface area contributed by atoms with Crippen molar-refractivity contribution in [3.8, 4) is 11.5 Å². The van der Waals surface area contributed by atoms with E-state index in [4.69, 9.17) is 21.1 Å². The highest BCUT2D eigenvalue weighted by molar-refractivity contribution is 6.30. The quantitative estimate of drug-likeness (QED) is 0.662. The molecule has 0 spiro atoms. The van der Waals surface area contributed by atoms with Crippen molar-refractivity contribution in [3.63, 3.8) is 0 Å². The molecule has 3 aromatic carbocycles. The van der Waals surface area contributed by atoms with E-state index in [-0.39, 0.29) is 11.9 Å². The summed E-state index contributed by atoms with van der Waals surface area (Å²) >= 11 is 6.01. The molecule has 0 aliphatic rings. The van der Waals surface area contributed by atoms with Gasteiger partial charge in [0.25, 0.3) is 5.91 Å². The molecule has 0 heterocycles. The van der Waals surface area contributed by atoms with Crippen molar-refractivity contribution in [2.45, 2.75) is 6.04 Å². The Morgan fingerprint density at radius 1 is 0.852 bits per heavy atom. The molecule has 5 heteroatoms. The van der Waals surface area contributed by atoms with Gasteiger partial charge in [-0.15, -0.1) is 0 Å². The van der Waals surface area contributed by atoms with Gasteiger partial charge in [-0.3, -0.25) is 4.79 Å². The second-order valence-corrected chi connectivity index (χ2v) is 6.37. The number of nitrogens with one attached hydrogen (secondary N) is 1. The second-order valence-electron chi connectivity index (χ2n) is 5.94. The second kappa shape index (κ2) is 8.60. The molecule has 0 saturated heterocycles. The molecule has 1 N–H and O–H groups in total. The largest absolute Gasteiger partial charge is 0.493 e. The van der Waals surface area contributed by atoms with Crippen LogP contribution in [0.25, 0.3) is 0 Å². The molecule has 3 aromatic rings. The summed E-state index contributed by atoms with van der Waals surface area (Å²) in [4.78, 5) is 12.9. The van der Waals surface area contributed by atoms with E-state index in [9.17, 15) is 4.79 Å². The average molecular weight is 382 g/mol. The van der Waals surface area contributed by atoms with Crippen molar-refractivity contribution in [3.05, 3.63) is 94.5 Å². The Morgan fingerprint density at radius 2 is 1.48 bits per heavy atom. The van der Waals surface area contributed by atoms with Gasteiger partial charge in [-0.05, 0) is 41.5 Å². The summed E-state index contributed by atoms with van der Waals surface area (Å²) in [7, 11) is 3.10. The minimum Gasteiger partial charge on any atom is -0.493 e. The fourth-order valence-corrected chi connectivity index (χ4v) is 2.98. The Labute approximate surface area is 163 Å². The summed E-state index contributed by atoms with van der Waals surface area (Å²) in [5.41, 5.74) is 2.41. The first kappa shape index (κ1) is 18.8. The molecule has 138 valence electrons. The summed E-state index contributed by atoms with van der Waals surface area (Å²) in [6, 6.07) is 22.0. The fraction of sp³-hybridized carbons (Fsp3) is 0.136. The third kappa shape index (κ3) is 4.41. The molecule has 1 atom stereocenters. The third-order valence-corrected chi connectivity index (χ3v) is 4.51. The first-order valence-electron chi connectivity index (χ1n) is 8.45. The zero-order chi connectivity index (χ0) is 19.2. The number of amides is 1. The third-order valence-electron chi connectivity index (χ3n) is 4.26. The van der Waals surface area contributed by atoms with Crippen LogP contribution in [0.1, 0.15) is 27.5 Å². The maximum absolute atomic E-state index is 12.9. The SMILES string of the molecule is COc1ccc(C(=O)N[C@H](c2ccccc2)c2ccc(Cl)cc2)cc1OC. The maximum Gasteiger partial charge on any atom is 0.252 e. The standard InChI is InChI=1S/C22H20ClNO3/c1-26-19-13-10-17(14-20(19)27-2)22(25)24-21(15-6-4-3-5-7-15)16-8-11-18(23)12-9-16/h3-14,21H,1-2H3,(H,24,25)/t21-/m1/s1. The van der Waals surface area contributed by atoms with Crippen LogP contribution < -0.4 is 14.8 Å². The van der Waals surface area contributed by atoms with E-state index < -0.39 is 0 Å². The van der Waals surface area contributed by atoms with E-state index >= 15 is 0 Å². The van der Waals surface area contributed by atoms with Gasteiger partial charge in [0.05, 0.1) is 20.3 Å². The van der Waals surface area contributed by atoms with Crippen LogP contribution in [-0.2, 0) is 0 Å². The Morgan fingerprint density at radius 3 is 2.11 bits per heavy atom. The number of ether oxygens (including phenoxy) is 2. The lowest BCUT2D eigenvalue weighted by molar-refractivity contribution is 0.0942. The molecule has 0 unspecified atom stereocenters. The van der Waals surface area contributed by atoms with Crippen molar-refractivity contribution in [2.24, 2.45) is 0 Å². The van der Waals surface area contributed by atoms with Crippen molar-refractivity contribution >= 4 is 17.5 Å². The molecule has 27 heavy (non-hydrogen) atoms. The molecule has 1 amide bonds. The van der Waals surface area contributed by atoms with E-state index in [1.54, 1.807) is 32.4 Å². The molecule has 0 aromatic heterocycles. The van der Waals surface area contributed by atoms with E-state index in [2.05, 4.69) is 5.32 Å². The lowest BCUT2D eigenvalue weighted by Gasteiger charge is -2.20. The summed E-state index contributed by atoms with van der Waals surface area (Å²) < 4.78 is 10.5. The Hall–Kier alpha value is -2.98. The van der Waals surface area contributed by atoms with Gasteiger partial charge in [0, 0.05) is 10.6 Å². The predicted octanol–water partition coefficient (Wildman–Crippen LogP) is 4.88. The van der Waals surface area contributed by atoms with Gasteiger partial charge in [-0.25, -0.2) is 0 Å². The Balaban J connectivity index is 1.92. The van der Waals surface area contributed by atoms with Gasteiger partial charge in [-0.1, -0.05) is 54.1 Å². The molecule has 0 radical (unpaired) electrons. The predicted molar refractivity (Wildman–Crippen MR) is 107 cm³/mol. The molecule has 0 fully saturated rings. The monoisotopic (exact) mass is 381 g/mol. The first-order valence-corrected chi connectivity index (χ1v) is 8.83. The number of hydrogen-bond acceptors (Lipinski definition) is 3. The number of rotatable bonds is 6. The minimum absolute atomic E-state index is 0.209. The fourth-order valence-electron chi connectivity index (χ4n) is 2.85. The number of benzene rings is 3. The van der Waals surface area contributed by atoms with Crippen LogP contribution in [0.5, 0.6) is 11.5 Å². The van der Waals surface area contributed by atoms with Crippen LogP contribution in [0, 0.1) is 0 Å². The van der Waals surface area contributed by atoms with Gasteiger partial charge < -0.3 is 14.8 Å². The molecule has 0 aliphatic carbocycles. The van der Waals surface area contributed by atoms with Crippen LogP contribution in [0.3, 0.4) is 0 Å². The van der Waals surface area contributed by atoms with Gasteiger partial charge in [-0.2, -0.15) is 0 Å². The summed E-state index contributed by atoms with van der Waals surface area (Å²) in [5.74, 6) is 0.874. The molecule has 3 rings (SSSR count). The number of hydrogen-bond donors (Lipinski definition) is 1. The Kier molecular flexibility index (Phi) is 5.99. The molecule has 0 bridgehead atoms. The Bertz CT molecular complexity index is 911. The lowest BCUT2D eigenvalue weighted by atomic mass is 9.98. The number of carbonyl (C=O) groups is 1. The first-order chi connectivity index (χ1) is 13.1. The molecular formula is C22H20ClNO3. The average Bonchev–Trinajstić information content (AvgIpc) is 2.72. The van der Waals surface area contributed by atoms with Crippen molar-refractivity contribution in [1.82, 2.24) is 5.32 Å². The smallest absolute Gasteiger partial charge is 0.252 e. The van der Waals surface area contributed by atoms with Crippen LogP contribution in [0.2, 0.25) is 5.02 Å². The van der Waals surface area contributed by atoms with Crippen LogP contribution in [0.15, 0.2) is 72.8 Å². The molecule has 0 saturated carbocycles. The van der Waals surface area contributed by atoms with Crippen LogP contribution in [-0.4, -0.2) is 20.1 Å². The summed E-state index contributed by atoms with van der Waals surface area (Å²) in [6.45, 7) is 0. The maximum atomic E-state index is 12.9. The molecule has 4 nitrogen and oxygen atoms in total. The zero-order valence-corrected chi connectivity index (χ0v) is 15.9. The van der Waals surface area contributed by atoms with Crippen LogP contribution >= 0.6 is 11.6 Å². The van der Waals surface area contributed by atoms with Crippen molar-refractivity contribution in [1.29, 1.82) is 0 Å². The van der Waals surface area contributed by atoms with Gasteiger partial charge in [0.15, 0.2) is 11.5 Å². The highest BCUT2D eigenvalue weighted by atomic mass is 35.5. The normalized spacial score (nSPS) is 11.5. The molecular weight excluding hydrogens is 362 g/mol. The van der Waals surface area contributed by atoms with Gasteiger partial charge in [0.2, 0.25) is 0 Å². The van der Waals surface area contributed by atoms with E-state index in [0.717, 1.165) is 11.1 Å². The minimum atomic E-state index is -0.302. The van der Waals surface area contributed by atoms with E-state index in [1.807, 2.05) is 54.6 Å². The van der Waals surface area contributed by atoms with Crippen molar-refractivity contribution < 1.29 is 14.3 Å². The van der Waals surface area contributed by atoms with Gasteiger partial charge >= 0.3 is 0 Å². The van der Waals surface area contributed by atoms with E-state index in [0.29, 0.717) is 22.1 Å². The number of methoxy groups -OCH3 is 2. The van der Waals surface area contributed by atoms with Gasteiger partial charge in [0.1, 0.15) is 0 Å². The summed E-state index contributed by atoms with van der Waals surface area (Å²) in [5, 5.41) is 3.75. The highest BCUT2D eigenvalue weighted by Gasteiger charge is 2.19. The number of carbonyl (C=O) groups excluding carboxylic acids is 1. The van der Waals surface area contributed by atoms with Crippen molar-refractivity contribution in [2.75, 3.05) is 14.2 Å². The van der Waals surface area contributed by atoms with E-state index in [1.165, 1.54) is 0 Å². The zero-order valence-electron chi connectivity index (χ0n) is 15.1. The summed E-state index contributed by atoms with van der Waals surface area (Å²) in [6.07, 6.45) is 0.